The molecule has 11 heteroatoms. The van der Waals surface area contributed by atoms with Crippen LogP contribution in [0.15, 0.2) is 61.3 Å². The van der Waals surface area contributed by atoms with Crippen LogP contribution in [0.3, 0.4) is 0 Å². The first-order chi connectivity index (χ1) is 20.3. The Morgan fingerprint density at radius 1 is 1.17 bits per heavy atom. The number of nitrogens with zero attached hydrogens (tertiary/aromatic N) is 5. The molecule has 2 aromatic heterocycles. The minimum atomic E-state index is -0.922. The fourth-order valence-electron chi connectivity index (χ4n) is 4.84. The lowest BCUT2D eigenvalue weighted by atomic mass is 10.0. The molecule has 0 spiro atoms. The highest BCUT2D eigenvalue weighted by Gasteiger charge is 2.30. The Labute approximate surface area is 248 Å². The van der Waals surface area contributed by atoms with Crippen molar-refractivity contribution >= 4 is 34.2 Å². The first-order valence-electron chi connectivity index (χ1n) is 13.7. The number of amides is 1. The maximum atomic E-state index is 16.2. The summed E-state index contributed by atoms with van der Waals surface area (Å²) in [6.07, 6.45) is 3.42. The predicted molar refractivity (Wildman–Crippen MR) is 160 cm³/mol. The number of anilines is 1. The molecule has 3 heterocycles. The zero-order valence-corrected chi connectivity index (χ0v) is 24.4. The number of piperazine rings is 1. The van der Waals surface area contributed by atoms with Crippen LogP contribution in [0.4, 0.5) is 14.6 Å². The zero-order chi connectivity index (χ0) is 30.4. The maximum Gasteiger partial charge on any atom is 0.319 e. The second-order valence-corrected chi connectivity index (χ2v) is 9.76. The van der Waals surface area contributed by atoms with E-state index < -0.39 is 17.4 Å². The highest BCUT2D eigenvalue weighted by molar-refractivity contribution is 6.34. The van der Waals surface area contributed by atoms with Gasteiger partial charge in [-0.2, -0.15) is 9.97 Å². The number of rotatable bonds is 7. The molecule has 0 radical (unpaired) electrons. The van der Waals surface area contributed by atoms with E-state index in [1.165, 1.54) is 24.3 Å². The number of fused-ring (bicyclic) bond motifs is 1. The van der Waals surface area contributed by atoms with Gasteiger partial charge >= 0.3 is 6.01 Å². The number of carbonyl (C=O) groups excluding carboxylic acids is 1. The third-order valence-electron chi connectivity index (χ3n) is 6.78. The molecule has 1 aliphatic rings. The van der Waals surface area contributed by atoms with E-state index in [1.807, 2.05) is 43.9 Å². The Morgan fingerprint density at radius 2 is 1.95 bits per heavy atom. The number of hydrogen-bond donors (Lipinski definition) is 1. The van der Waals surface area contributed by atoms with Crippen LogP contribution < -0.4 is 9.64 Å². The van der Waals surface area contributed by atoms with Gasteiger partial charge in [-0.15, -0.1) is 0 Å². The molecule has 0 unspecified atom stereocenters. The Morgan fingerprint density at radius 3 is 2.62 bits per heavy atom. The summed E-state index contributed by atoms with van der Waals surface area (Å²) in [7, 11) is 0. The van der Waals surface area contributed by atoms with Crippen LogP contribution in [-0.2, 0) is 11.2 Å². The van der Waals surface area contributed by atoms with Gasteiger partial charge in [-0.05, 0) is 43.3 Å². The summed E-state index contributed by atoms with van der Waals surface area (Å²) >= 11 is 6.51. The number of pyridine rings is 1. The smallest absolute Gasteiger partial charge is 0.319 e. The molecule has 4 aromatic rings. The van der Waals surface area contributed by atoms with Crippen molar-refractivity contribution < 1.29 is 23.4 Å². The van der Waals surface area contributed by atoms with Crippen molar-refractivity contribution in [2.24, 2.45) is 0 Å². The number of benzene rings is 2. The first-order valence-corrected chi connectivity index (χ1v) is 14.0. The summed E-state index contributed by atoms with van der Waals surface area (Å²) in [6.45, 7) is 10.8. The largest absolute Gasteiger partial charge is 0.507 e. The lowest BCUT2D eigenvalue weighted by Crippen LogP contribution is -2.54. The Kier molecular flexibility index (Phi) is 9.90. The molecule has 42 heavy (non-hydrogen) atoms. The molecule has 1 fully saturated rings. The van der Waals surface area contributed by atoms with Crippen molar-refractivity contribution in [1.29, 1.82) is 0 Å². The minimum absolute atomic E-state index is 0.0828. The molecule has 1 aliphatic heterocycles. The molecular weight excluding hydrogens is 564 g/mol. The monoisotopic (exact) mass is 595 g/mol. The maximum absolute atomic E-state index is 16.2. The SMILES string of the molecule is C=CC(=O)N1CCN(c2nc(OCCc3ccccn3)nc3c(F)c(-c4c(O)cccc4F)c(Cl)cc23)C[C@H]1C.CC. The molecule has 0 aliphatic carbocycles. The van der Waals surface area contributed by atoms with Gasteiger partial charge in [0.15, 0.2) is 5.82 Å². The number of ether oxygens (including phenoxy) is 1. The summed E-state index contributed by atoms with van der Waals surface area (Å²) in [4.78, 5) is 29.1. The van der Waals surface area contributed by atoms with Gasteiger partial charge in [0.25, 0.3) is 0 Å². The van der Waals surface area contributed by atoms with Crippen molar-refractivity contribution in [1.82, 2.24) is 19.9 Å². The molecular formula is C31H32ClF2N5O3. The summed E-state index contributed by atoms with van der Waals surface area (Å²) in [5.74, 6) is -2.03. The number of aromatic nitrogens is 3. The highest BCUT2D eigenvalue weighted by Crippen LogP contribution is 2.42. The van der Waals surface area contributed by atoms with Crippen LogP contribution in [-0.4, -0.2) is 63.1 Å². The summed E-state index contributed by atoms with van der Waals surface area (Å²) in [5.41, 5.74) is -0.0220. The topological polar surface area (TPSA) is 91.7 Å². The summed E-state index contributed by atoms with van der Waals surface area (Å²) < 4.78 is 36.8. The minimum Gasteiger partial charge on any atom is -0.507 e. The average molecular weight is 596 g/mol. The van der Waals surface area contributed by atoms with Crippen molar-refractivity contribution in [3.05, 3.63) is 83.7 Å². The van der Waals surface area contributed by atoms with E-state index in [2.05, 4.69) is 21.5 Å². The van der Waals surface area contributed by atoms with Crippen molar-refractivity contribution in [3.63, 3.8) is 0 Å². The molecule has 2 aromatic carbocycles. The predicted octanol–water partition coefficient (Wildman–Crippen LogP) is 6.20. The molecule has 1 atom stereocenters. The van der Waals surface area contributed by atoms with Gasteiger partial charge in [-0.25, -0.2) is 8.78 Å². The van der Waals surface area contributed by atoms with Gasteiger partial charge in [0.05, 0.1) is 17.2 Å². The lowest BCUT2D eigenvalue weighted by Gasteiger charge is -2.40. The summed E-state index contributed by atoms with van der Waals surface area (Å²) in [6, 6.07) is 10.4. The standard InChI is InChI=1S/C29H26ClF2N5O3.C2H6/c1-3-23(39)37-13-12-36(16-17(37)2)28-19-15-20(30)24(25-21(31)8-6-9-22(25)38)26(32)27(19)34-29(35-28)40-14-10-18-7-4-5-11-33-18;1-2/h3-9,11,15,17,38H,1,10,12-14,16H2,2H3;1-2H3/t17-;/m1./s1. The van der Waals surface area contributed by atoms with Gasteiger partial charge in [0, 0.05) is 54.9 Å². The molecule has 5 rings (SSSR count). The molecule has 220 valence electrons. The molecule has 1 N–H and O–H groups in total. The fourth-order valence-corrected chi connectivity index (χ4v) is 5.13. The number of phenolic OH excluding ortho intramolecular Hbond substituents is 1. The van der Waals surface area contributed by atoms with E-state index >= 15 is 4.39 Å². The third kappa shape index (κ3) is 6.28. The average Bonchev–Trinajstić information content (AvgIpc) is 2.99. The van der Waals surface area contributed by atoms with Gasteiger partial charge < -0.3 is 19.6 Å². The van der Waals surface area contributed by atoms with Crippen LogP contribution in [0.5, 0.6) is 11.8 Å². The fraction of sp³-hybridized carbons (Fsp3) is 0.290. The van der Waals surface area contributed by atoms with Crippen LogP contribution in [0.25, 0.3) is 22.0 Å². The van der Waals surface area contributed by atoms with Gasteiger partial charge in [0.2, 0.25) is 5.91 Å². The van der Waals surface area contributed by atoms with E-state index in [9.17, 15) is 14.3 Å². The Bertz CT molecular complexity index is 1570. The lowest BCUT2D eigenvalue weighted by molar-refractivity contribution is -0.128. The van der Waals surface area contributed by atoms with Gasteiger partial charge in [0.1, 0.15) is 22.9 Å². The molecule has 1 amide bonds. The molecule has 0 bridgehead atoms. The number of phenols is 1. The van der Waals surface area contributed by atoms with Crippen LogP contribution in [0.1, 0.15) is 26.5 Å². The molecule has 8 nitrogen and oxygen atoms in total. The molecule has 0 saturated carbocycles. The van der Waals surface area contributed by atoms with E-state index in [0.717, 1.165) is 11.8 Å². The van der Waals surface area contributed by atoms with Crippen molar-refractivity contribution in [2.45, 2.75) is 33.2 Å². The summed E-state index contributed by atoms with van der Waals surface area (Å²) in [5, 5.41) is 10.5. The van der Waals surface area contributed by atoms with Crippen LogP contribution >= 0.6 is 11.6 Å². The molecule has 1 saturated heterocycles. The Hall–Kier alpha value is -4.31. The van der Waals surface area contributed by atoms with Crippen molar-refractivity contribution in [2.75, 3.05) is 31.1 Å². The van der Waals surface area contributed by atoms with E-state index in [1.54, 1.807) is 11.1 Å². The third-order valence-corrected chi connectivity index (χ3v) is 7.08. The van der Waals surface area contributed by atoms with Gasteiger partial charge in [-0.1, -0.05) is 44.2 Å². The Balaban J connectivity index is 0.00000198. The van der Waals surface area contributed by atoms with Crippen LogP contribution in [0.2, 0.25) is 5.02 Å². The second kappa shape index (κ2) is 13.6. The van der Waals surface area contributed by atoms with E-state index in [4.69, 9.17) is 16.3 Å². The highest BCUT2D eigenvalue weighted by atomic mass is 35.5. The van der Waals surface area contributed by atoms with E-state index in [0.29, 0.717) is 31.9 Å². The van der Waals surface area contributed by atoms with E-state index in [-0.39, 0.29) is 51.6 Å². The second-order valence-electron chi connectivity index (χ2n) is 9.36. The van der Waals surface area contributed by atoms with Gasteiger partial charge in [-0.3, -0.25) is 9.78 Å². The zero-order valence-electron chi connectivity index (χ0n) is 23.6. The first kappa shape index (κ1) is 30.6. The van der Waals surface area contributed by atoms with Crippen molar-refractivity contribution in [3.8, 4) is 22.9 Å². The normalized spacial score (nSPS) is 14.8. The number of hydrogen-bond acceptors (Lipinski definition) is 7. The quantitative estimate of drug-likeness (QED) is 0.254. The number of aromatic hydroxyl groups is 1. The number of carbonyl (C=O) groups is 1. The van der Waals surface area contributed by atoms with Crippen LogP contribution in [0, 0.1) is 11.6 Å². The number of halogens is 3.